The van der Waals surface area contributed by atoms with Gasteiger partial charge in [0.25, 0.3) is 0 Å². The summed E-state index contributed by atoms with van der Waals surface area (Å²) in [5.41, 5.74) is -0.256. The maximum Gasteiger partial charge on any atom is 0.416 e. The Balaban J connectivity index is 2.66. The highest BCUT2D eigenvalue weighted by Crippen LogP contribution is 2.29. The average Bonchev–Trinajstić information content (AvgIpc) is 2.30. The van der Waals surface area contributed by atoms with Crippen molar-refractivity contribution in [3.63, 3.8) is 0 Å². The maximum atomic E-state index is 12.4. The monoisotopic (exact) mass is 249 g/mol. The highest BCUT2D eigenvalue weighted by atomic mass is 19.4. The normalized spacial score (nSPS) is 12.1. The Kier molecular flexibility index (Phi) is 4.92. The minimum atomic E-state index is -4.36. The second-order valence-corrected chi connectivity index (χ2v) is 3.64. The van der Waals surface area contributed by atoms with Gasteiger partial charge in [0.05, 0.1) is 24.8 Å². The van der Waals surface area contributed by atoms with Gasteiger partial charge >= 0.3 is 6.18 Å². The van der Waals surface area contributed by atoms with Crippen LogP contribution in [0.1, 0.15) is 11.1 Å². The molecule has 0 radical (unpaired) electrons. The topological polar surface area (TPSA) is 52.5 Å². The quantitative estimate of drug-likeness (QED) is 0.733. The van der Waals surface area contributed by atoms with E-state index in [1.165, 1.54) is 6.07 Å². The SMILES string of the molecule is OCC(CO)NCc1cccc(C(F)(F)F)c1. The number of halogens is 3. The van der Waals surface area contributed by atoms with E-state index < -0.39 is 17.8 Å². The fourth-order valence-corrected chi connectivity index (χ4v) is 1.31. The lowest BCUT2D eigenvalue weighted by atomic mass is 10.1. The van der Waals surface area contributed by atoms with E-state index in [1.54, 1.807) is 6.07 Å². The van der Waals surface area contributed by atoms with E-state index in [4.69, 9.17) is 10.2 Å². The molecule has 96 valence electrons. The van der Waals surface area contributed by atoms with Gasteiger partial charge in [-0.25, -0.2) is 0 Å². The number of alkyl halides is 3. The van der Waals surface area contributed by atoms with Gasteiger partial charge in [-0.3, -0.25) is 0 Å². The zero-order valence-electron chi connectivity index (χ0n) is 9.04. The summed E-state index contributed by atoms with van der Waals surface area (Å²) < 4.78 is 37.2. The minimum absolute atomic E-state index is 0.162. The molecular formula is C11H14F3NO2. The Bertz CT molecular complexity index is 351. The lowest BCUT2D eigenvalue weighted by Gasteiger charge is -2.14. The van der Waals surface area contributed by atoms with Gasteiger partial charge in [0.15, 0.2) is 0 Å². The first kappa shape index (κ1) is 14.0. The van der Waals surface area contributed by atoms with Crippen LogP contribution < -0.4 is 5.32 Å². The molecule has 0 saturated carbocycles. The summed E-state index contributed by atoms with van der Waals surface area (Å²) >= 11 is 0. The van der Waals surface area contributed by atoms with Crippen molar-refractivity contribution in [2.75, 3.05) is 13.2 Å². The van der Waals surface area contributed by atoms with Crippen molar-refractivity contribution < 1.29 is 23.4 Å². The number of hydrogen-bond acceptors (Lipinski definition) is 3. The number of nitrogens with one attached hydrogen (secondary N) is 1. The van der Waals surface area contributed by atoms with E-state index in [2.05, 4.69) is 5.32 Å². The van der Waals surface area contributed by atoms with Gasteiger partial charge < -0.3 is 15.5 Å². The van der Waals surface area contributed by atoms with Crippen LogP contribution in [0.3, 0.4) is 0 Å². The first-order valence-electron chi connectivity index (χ1n) is 5.08. The predicted molar refractivity (Wildman–Crippen MR) is 56.2 cm³/mol. The molecule has 0 aliphatic heterocycles. The van der Waals surface area contributed by atoms with Crippen molar-refractivity contribution in [1.29, 1.82) is 0 Å². The van der Waals surface area contributed by atoms with Crippen molar-refractivity contribution in [1.82, 2.24) is 5.32 Å². The van der Waals surface area contributed by atoms with E-state index >= 15 is 0 Å². The lowest BCUT2D eigenvalue weighted by Crippen LogP contribution is -2.35. The first-order valence-corrected chi connectivity index (χ1v) is 5.08. The Hall–Kier alpha value is -1.11. The fourth-order valence-electron chi connectivity index (χ4n) is 1.31. The summed E-state index contributed by atoms with van der Waals surface area (Å²) in [6.45, 7) is -0.374. The Morgan fingerprint density at radius 2 is 1.82 bits per heavy atom. The molecule has 0 aromatic heterocycles. The van der Waals surface area contributed by atoms with Gasteiger partial charge in [0, 0.05) is 6.54 Å². The smallest absolute Gasteiger partial charge is 0.395 e. The van der Waals surface area contributed by atoms with Crippen LogP contribution in [0.5, 0.6) is 0 Å². The fraction of sp³-hybridized carbons (Fsp3) is 0.455. The second kappa shape index (κ2) is 6.00. The molecule has 1 aromatic rings. The standard InChI is InChI=1S/C11H14F3NO2/c12-11(13,14)9-3-1-2-8(4-9)5-15-10(6-16)7-17/h1-4,10,15-17H,5-7H2. The van der Waals surface area contributed by atoms with Crippen LogP contribution in [-0.4, -0.2) is 29.5 Å². The zero-order valence-corrected chi connectivity index (χ0v) is 9.04. The van der Waals surface area contributed by atoms with Gasteiger partial charge in [0.1, 0.15) is 0 Å². The van der Waals surface area contributed by atoms with Crippen LogP contribution in [0.2, 0.25) is 0 Å². The molecule has 3 N–H and O–H groups in total. The molecule has 0 fully saturated rings. The predicted octanol–water partition coefficient (Wildman–Crippen LogP) is 1.15. The number of aliphatic hydroxyl groups is 2. The van der Waals surface area contributed by atoms with Crippen LogP contribution >= 0.6 is 0 Å². The van der Waals surface area contributed by atoms with E-state index in [0.717, 1.165) is 12.1 Å². The van der Waals surface area contributed by atoms with Crippen molar-refractivity contribution >= 4 is 0 Å². The molecule has 17 heavy (non-hydrogen) atoms. The summed E-state index contributed by atoms with van der Waals surface area (Å²) in [5, 5.41) is 20.3. The number of aliphatic hydroxyl groups excluding tert-OH is 2. The average molecular weight is 249 g/mol. The molecule has 0 aliphatic carbocycles. The molecular weight excluding hydrogens is 235 g/mol. The molecule has 0 unspecified atom stereocenters. The summed E-state index contributed by atoms with van der Waals surface area (Å²) in [6.07, 6.45) is -4.36. The summed E-state index contributed by atoms with van der Waals surface area (Å²) in [5.74, 6) is 0. The van der Waals surface area contributed by atoms with Gasteiger partial charge in [0.2, 0.25) is 0 Å². The number of hydrogen-bond donors (Lipinski definition) is 3. The third-order valence-electron chi connectivity index (χ3n) is 2.29. The van der Waals surface area contributed by atoms with Gasteiger partial charge in [-0.15, -0.1) is 0 Å². The van der Waals surface area contributed by atoms with Gasteiger partial charge in [-0.05, 0) is 11.6 Å². The van der Waals surface area contributed by atoms with Crippen LogP contribution in [0, 0.1) is 0 Å². The molecule has 3 nitrogen and oxygen atoms in total. The van der Waals surface area contributed by atoms with Crippen LogP contribution in [-0.2, 0) is 12.7 Å². The molecule has 0 atom stereocenters. The molecule has 1 rings (SSSR count). The van der Waals surface area contributed by atoms with Crippen LogP contribution in [0.25, 0.3) is 0 Å². The summed E-state index contributed by atoms with van der Waals surface area (Å²) in [6, 6.07) is 4.39. The minimum Gasteiger partial charge on any atom is -0.395 e. The van der Waals surface area contributed by atoms with E-state index in [0.29, 0.717) is 5.56 Å². The van der Waals surface area contributed by atoms with Crippen LogP contribution in [0.4, 0.5) is 13.2 Å². The van der Waals surface area contributed by atoms with Crippen molar-refractivity contribution in [2.45, 2.75) is 18.8 Å². The molecule has 0 spiro atoms. The van der Waals surface area contributed by atoms with E-state index in [1.807, 2.05) is 0 Å². The van der Waals surface area contributed by atoms with Crippen molar-refractivity contribution in [3.05, 3.63) is 35.4 Å². The maximum absolute atomic E-state index is 12.4. The molecule has 6 heteroatoms. The summed E-state index contributed by atoms with van der Waals surface area (Å²) in [7, 11) is 0. The Morgan fingerprint density at radius 1 is 1.18 bits per heavy atom. The molecule has 0 amide bonds. The molecule has 0 aliphatic rings. The van der Waals surface area contributed by atoms with Crippen LogP contribution in [0.15, 0.2) is 24.3 Å². The molecule has 0 heterocycles. The van der Waals surface area contributed by atoms with Crippen molar-refractivity contribution in [2.24, 2.45) is 0 Å². The van der Waals surface area contributed by atoms with E-state index in [-0.39, 0.29) is 19.8 Å². The number of rotatable bonds is 5. The third kappa shape index (κ3) is 4.33. The molecule has 0 saturated heterocycles. The highest BCUT2D eigenvalue weighted by Gasteiger charge is 2.30. The summed E-state index contributed by atoms with van der Waals surface area (Å²) in [4.78, 5) is 0. The lowest BCUT2D eigenvalue weighted by molar-refractivity contribution is -0.137. The first-order chi connectivity index (χ1) is 7.97. The third-order valence-corrected chi connectivity index (χ3v) is 2.29. The second-order valence-electron chi connectivity index (χ2n) is 3.64. The van der Waals surface area contributed by atoms with Gasteiger partial charge in [-0.2, -0.15) is 13.2 Å². The number of benzene rings is 1. The Labute approximate surface area is 96.9 Å². The largest absolute Gasteiger partial charge is 0.416 e. The van der Waals surface area contributed by atoms with Crippen molar-refractivity contribution in [3.8, 4) is 0 Å². The highest BCUT2D eigenvalue weighted by molar-refractivity contribution is 5.25. The molecule has 1 aromatic carbocycles. The van der Waals surface area contributed by atoms with Gasteiger partial charge in [-0.1, -0.05) is 18.2 Å². The molecule has 0 bridgehead atoms. The zero-order chi connectivity index (χ0) is 12.9. The Morgan fingerprint density at radius 3 is 2.35 bits per heavy atom. The van der Waals surface area contributed by atoms with E-state index in [9.17, 15) is 13.2 Å².